The van der Waals surface area contributed by atoms with Gasteiger partial charge in [-0.2, -0.15) is 13.2 Å². The van der Waals surface area contributed by atoms with Crippen LogP contribution in [0.15, 0.2) is 79.1 Å². The molecule has 0 aliphatic heterocycles. The van der Waals surface area contributed by atoms with E-state index in [1.54, 1.807) is 42.6 Å². The molecule has 2 heterocycles. The summed E-state index contributed by atoms with van der Waals surface area (Å²) in [5, 5.41) is 5.62. The smallest absolute Gasteiger partial charge is 0.322 e. The van der Waals surface area contributed by atoms with Crippen LogP contribution in [-0.2, 0) is 21.8 Å². The van der Waals surface area contributed by atoms with Crippen LogP contribution in [0.25, 0.3) is 11.3 Å². The Bertz CT molecular complexity index is 1680. The number of nitrogens with zero attached hydrogens (tertiary/aromatic N) is 2. The Hall–Kier alpha value is -4.29. The number of carbonyl (C=O) groups excluding carboxylic acids is 2. The van der Waals surface area contributed by atoms with Crippen LogP contribution in [0.2, 0.25) is 5.02 Å². The third-order valence-corrected chi connectivity index (χ3v) is 6.68. The third-order valence-electron chi connectivity index (χ3n) is 5.52. The number of hydrogen-bond donors (Lipinski definition) is 2. The van der Waals surface area contributed by atoms with Crippen molar-refractivity contribution in [1.29, 1.82) is 0 Å². The summed E-state index contributed by atoms with van der Waals surface area (Å²) in [4.78, 5) is 33.4. The molecule has 0 unspecified atom stereocenters. The van der Waals surface area contributed by atoms with E-state index in [0.29, 0.717) is 28.0 Å². The fourth-order valence-electron chi connectivity index (χ4n) is 3.66. The maximum Gasteiger partial charge on any atom is 0.433 e. The number of halogens is 4. The topological polar surface area (TPSA) is 118 Å². The van der Waals surface area contributed by atoms with Crippen LogP contribution >= 0.6 is 11.6 Å². The van der Waals surface area contributed by atoms with Crippen LogP contribution in [-0.4, -0.2) is 36.5 Å². The molecule has 2 N–H and O–H groups in total. The number of amides is 2. The molecule has 0 fully saturated rings. The van der Waals surface area contributed by atoms with E-state index in [4.69, 9.17) is 11.6 Å². The van der Waals surface area contributed by atoms with Crippen LogP contribution in [0, 0.1) is 0 Å². The molecule has 0 atom stereocenters. The number of anilines is 2. The zero-order valence-electron chi connectivity index (χ0n) is 20.7. The normalized spacial score (nSPS) is 11.6. The van der Waals surface area contributed by atoms with Crippen molar-refractivity contribution < 1.29 is 31.2 Å². The van der Waals surface area contributed by atoms with Crippen molar-refractivity contribution in [2.75, 3.05) is 16.9 Å². The first-order valence-corrected chi connectivity index (χ1v) is 13.9. The number of pyridine rings is 2. The van der Waals surface area contributed by atoms with Crippen molar-refractivity contribution >= 4 is 44.6 Å². The van der Waals surface area contributed by atoms with E-state index in [1.165, 1.54) is 18.2 Å². The molecular formula is C27H20ClF3N4O4S. The average molecular weight is 589 g/mol. The highest BCUT2D eigenvalue weighted by atomic mass is 35.5. The van der Waals surface area contributed by atoms with Crippen LogP contribution in [0.1, 0.15) is 32.0 Å². The Labute approximate surface area is 232 Å². The van der Waals surface area contributed by atoms with E-state index in [2.05, 4.69) is 20.6 Å². The molecule has 0 aliphatic rings. The Morgan fingerprint density at radius 3 is 2.25 bits per heavy atom. The van der Waals surface area contributed by atoms with E-state index >= 15 is 0 Å². The molecule has 8 nitrogen and oxygen atoms in total. The first-order valence-electron chi connectivity index (χ1n) is 11.5. The number of carbonyl (C=O) groups is 2. The van der Waals surface area contributed by atoms with Crippen LogP contribution in [0.4, 0.5) is 24.5 Å². The zero-order chi connectivity index (χ0) is 29.1. The van der Waals surface area contributed by atoms with Crippen molar-refractivity contribution in [2.24, 2.45) is 0 Å². The van der Waals surface area contributed by atoms with Crippen molar-refractivity contribution in [3.63, 3.8) is 0 Å². The molecule has 0 bridgehead atoms. The van der Waals surface area contributed by atoms with Gasteiger partial charge in [-0.25, -0.2) is 8.42 Å². The summed E-state index contributed by atoms with van der Waals surface area (Å²) in [6.07, 6.45) is -1.32. The molecule has 0 aliphatic carbocycles. The number of hydrogen-bond acceptors (Lipinski definition) is 6. The maximum absolute atomic E-state index is 13.1. The van der Waals surface area contributed by atoms with Crippen LogP contribution < -0.4 is 10.6 Å². The Balaban J connectivity index is 1.61. The van der Waals surface area contributed by atoms with Gasteiger partial charge in [0.1, 0.15) is 5.69 Å². The summed E-state index contributed by atoms with van der Waals surface area (Å²) >= 11 is 6.30. The molecule has 4 rings (SSSR count). The maximum atomic E-state index is 13.1. The quantitative estimate of drug-likeness (QED) is 0.279. The van der Waals surface area contributed by atoms with Crippen LogP contribution in [0.3, 0.4) is 0 Å². The van der Waals surface area contributed by atoms with Gasteiger partial charge in [0.25, 0.3) is 11.8 Å². The molecule has 40 heavy (non-hydrogen) atoms. The largest absolute Gasteiger partial charge is 0.433 e. The van der Waals surface area contributed by atoms with Crippen LogP contribution in [0.5, 0.6) is 0 Å². The lowest BCUT2D eigenvalue weighted by Gasteiger charge is -2.14. The molecule has 206 valence electrons. The van der Waals surface area contributed by atoms with Crippen molar-refractivity contribution in [2.45, 2.75) is 11.9 Å². The lowest BCUT2D eigenvalue weighted by Crippen LogP contribution is -2.18. The monoisotopic (exact) mass is 588 g/mol. The summed E-state index contributed by atoms with van der Waals surface area (Å²) < 4.78 is 62.3. The Kier molecular flexibility index (Phi) is 8.21. The summed E-state index contributed by atoms with van der Waals surface area (Å²) in [7, 11) is -3.55. The fourth-order valence-corrected chi connectivity index (χ4v) is 4.69. The number of sulfone groups is 1. The van der Waals surface area contributed by atoms with Gasteiger partial charge in [0.2, 0.25) is 0 Å². The highest BCUT2D eigenvalue weighted by Gasteiger charge is 2.32. The summed E-state index contributed by atoms with van der Waals surface area (Å²) in [6, 6.07) is 15.8. The molecule has 2 aromatic heterocycles. The number of benzene rings is 2. The number of alkyl halides is 3. The molecular weight excluding hydrogens is 569 g/mol. The lowest BCUT2D eigenvalue weighted by molar-refractivity contribution is -0.141. The van der Waals surface area contributed by atoms with Crippen molar-refractivity contribution in [1.82, 2.24) is 9.97 Å². The van der Waals surface area contributed by atoms with Gasteiger partial charge in [0.05, 0.1) is 22.0 Å². The minimum Gasteiger partial charge on any atom is -0.322 e. The van der Waals surface area contributed by atoms with Gasteiger partial charge in [0, 0.05) is 41.2 Å². The first-order chi connectivity index (χ1) is 18.8. The number of aromatic nitrogens is 2. The lowest BCUT2D eigenvalue weighted by atomic mass is 10.1. The molecule has 13 heteroatoms. The van der Waals surface area contributed by atoms with Gasteiger partial charge in [-0.3, -0.25) is 19.6 Å². The SMILES string of the molecule is CS(=O)(=O)Cc1ccc(C(=O)Nc2ccc(Cl)c(-c3ccccn3)c2)cc1NC(=O)c1ccc(C(F)(F)F)nc1. The first kappa shape index (κ1) is 28.7. The fraction of sp³-hybridized carbons (Fsp3) is 0.111. The van der Waals surface area contributed by atoms with E-state index < -0.39 is 39.3 Å². The Morgan fingerprint density at radius 2 is 1.62 bits per heavy atom. The predicted molar refractivity (Wildman–Crippen MR) is 145 cm³/mol. The van der Waals surface area contributed by atoms with E-state index in [9.17, 15) is 31.2 Å². The minimum absolute atomic E-state index is 0.00625. The molecule has 0 radical (unpaired) electrons. The molecule has 4 aromatic rings. The second-order valence-corrected chi connectivity index (χ2v) is 11.2. The van der Waals surface area contributed by atoms with Gasteiger partial charge < -0.3 is 10.6 Å². The second kappa shape index (κ2) is 11.4. The van der Waals surface area contributed by atoms with E-state index in [1.807, 2.05) is 0 Å². The molecule has 0 saturated heterocycles. The van der Waals surface area contributed by atoms with Crippen molar-refractivity contribution in [3.8, 4) is 11.3 Å². The van der Waals surface area contributed by atoms with Gasteiger partial charge >= 0.3 is 6.18 Å². The van der Waals surface area contributed by atoms with Crippen molar-refractivity contribution in [3.05, 3.63) is 107 Å². The highest BCUT2D eigenvalue weighted by Crippen LogP contribution is 2.30. The molecule has 2 aromatic carbocycles. The second-order valence-electron chi connectivity index (χ2n) is 8.69. The van der Waals surface area contributed by atoms with E-state index in [-0.39, 0.29) is 22.4 Å². The Morgan fingerprint density at radius 1 is 0.900 bits per heavy atom. The summed E-state index contributed by atoms with van der Waals surface area (Å²) in [5.74, 6) is -1.88. The molecule has 0 saturated carbocycles. The predicted octanol–water partition coefficient (Wildman–Crippen LogP) is 5.87. The minimum atomic E-state index is -4.68. The van der Waals surface area contributed by atoms with E-state index in [0.717, 1.165) is 18.5 Å². The zero-order valence-corrected chi connectivity index (χ0v) is 22.2. The van der Waals surface area contributed by atoms with Gasteiger partial charge in [-0.05, 0) is 60.2 Å². The van der Waals surface area contributed by atoms with Gasteiger partial charge in [-0.1, -0.05) is 23.7 Å². The van der Waals surface area contributed by atoms with Gasteiger partial charge in [0.15, 0.2) is 9.84 Å². The number of nitrogens with one attached hydrogen (secondary N) is 2. The summed E-state index contributed by atoms with van der Waals surface area (Å²) in [6.45, 7) is 0. The summed E-state index contributed by atoms with van der Waals surface area (Å²) in [5.41, 5.74) is 0.456. The molecule has 2 amide bonds. The number of rotatable bonds is 7. The third kappa shape index (κ3) is 7.21. The molecule has 0 spiro atoms. The highest BCUT2D eigenvalue weighted by molar-refractivity contribution is 7.89. The standard InChI is InChI=1S/C27H20ClF3N4O4S/c1-40(38,39)15-18-6-5-16(12-23(18)35-26(37)17-7-10-24(33-14-17)27(29,30)31)25(36)34-19-8-9-21(28)20(13-19)22-4-2-3-11-32-22/h2-14H,15H2,1H3,(H,34,36)(H,35,37). The van der Waals surface area contributed by atoms with Gasteiger partial charge in [-0.15, -0.1) is 0 Å². The average Bonchev–Trinajstić information content (AvgIpc) is 2.90.